The van der Waals surface area contributed by atoms with Crippen LogP contribution in [0.1, 0.15) is 31.4 Å². The number of carbonyl (C=O) groups is 1. The summed E-state index contributed by atoms with van der Waals surface area (Å²) in [6, 6.07) is 6.37. The first kappa shape index (κ1) is 13.9. The molecule has 4 nitrogen and oxygen atoms in total. The molecule has 0 unspecified atom stereocenters. The lowest BCUT2D eigenvalue weighted by atomic mass is 9.99. The van der Waals surface area contributed by atoms with E-state index in [2.05, 4.69) is 17.4 Å². The third-order valence-electron chi connectivity index (χ3n) is 3.39. The molecule has 0 saturated carbocycles. The van der Waals surface area contributed by atoms with Crippen LogP contribution in [0.5, 0.6) is 5.75 Å². The minimum absolute atomic E-state index is 0.244. The third-order valence-corrected chi connectivity index (χ3v) is 3.39. The van der Waals surface area contributed by atoms with Crippen molar-refractivity contribution in [2.45, 2.75) is 38.6 Å². The van der Waals surface area contributed by atoms with E-state index in [-0.39, 0.29) is 11.4 Å². The van der Waals surface area contributed by atoms with E-state index in [1.807, 2.05) is 19.9 Å². The molecule has 3 N–H and O–H groups in total. The molecule has 0 radical (unpaired) electrons. The Morgan fingerprint density at radius 3 is 3.00 bits per heavy atom. The zero-order valence-electron chi connectivity index (χ0n) is 11.7. The second kappa shape index (κ2) is 5.61. The number of carbonyl (C=O) groups excluding carboxylic acids is 1. The Morgan fingerprint density at radius 2 is 2.26 bits per heavy atom. The number of rotatable bonds is 6. The molecule has 1 aliphatic heterocycles. The van der Waals surface area contributed by atoms with Gasteiger partial charge in [-0.1, -0.05) is 12.1 Å². The van der Waals surface area contributed by atoms with E-state index < -0.39 is 0 Å². The van der Waals surface area contributed by atoms with Crippen molar-refractivity contribution in [1.82, 2.24) is 5.32 Å². The fourth-order valence-corrected chi connectivity index (χ4v) is 2.44. The first-order chi connectivity index (χ1) is 8.96. The molecular weight excluding hydrogens is 240 g/mol. The van der Waals surface area contributed by atoms with Crippen molar-refractivity contribution >= 4 is 5.91 Å². The van der Waals surface area contributed by atoms with Gasteiger partial charge < -0.3 is 15.8 Å². The predicted molar refractivity (Wildman–Crippen MR) is 75.2 cm³/mol. The van der Waals surface area contributed by atoms with Crippen LogP contribution in [0.3, 0.4) is 0 Å². The minimum atomic E-state index is -0.271. The fourth-order valence-electron chi connectivity index (χ4n) is 2.44. The van der Waals surface area contributed by atoms with E-state index in [0.717, 1.165) is 31.7 Å². The van der Waals surface area contributed by atoms with Crippen LogP contribution in [0.25, 0.3) is 0 Å². The standard InChI is InChI=1S/C15H22N2O2/c1-15(2,10-14(16)18)17-7-5-11-3-4-13-12(9-11)6-8-19-13/h3-4,9,17H,5-8,10H2,1-2H3,(H2,16,18). The Balaban J connectivity index is 1.84. The Hall–Kier alpha value is -1.55. The third kappa shape index (κ3) is 3.96. The lowest BCUT2D eigenvalue weighted by Gasteiger charge is -2.24. The van der Waals surface area contributed by atoms with E-state index >= 15 is 0 Å². The highest BCUT2D eigenvalue weighted by atomic mass is 16.5. The predicted octanol–water partition coefficient (Wildman–Crippen LogP) is 1.41. The van der Waals surface area contributed by atoms with Gasteiger partial charge >= 0.3 is 0 Å². The van der Waals surface area contributed by atoms with Gasteiger partial charge in [-0.2, -0.15) is 0 Å². The number of nitrogens with one attached hydrogen (secondary N) is 1. The van der Waals surface area contributed by atoms with Crippen molar-refractivity contribution in [2.24, 2.45) is 5.73 Å². The zero-order chi connectivity index (χ0) is 13.9. The van der Waals surface area contributed by atoms with Crippen molar-refractivity contribution < 1.29 is 9.53 Å². The molecule has 1 aliphatic rings. The van der Waals surface area contributed by atoms with Crippen LogP contribution in [0.15, 0.2) is 18.2 Å². The number of ether oxygens (including phenoxy) is 1. The summed E-state index contributed by atoms with van der Waals surface area (Å²) < 4.78 is 5.49. The number of benzene rings is 1. The van der Waals surface area contributed by atoms with Gasteiger partial charge in [0.2, 0.25) is 5.91 Å². The van der Waals surface area contributed by atoms with E-state index in [1.54, 1.807) is 0 Å². The summed E-state index contributed by atoms with van der Waals surface area (Å²) >= 11 is 0. The monoisotopic (exact) mass is 262 g/mol. The Kier molecular flexibility index (Phi) is 4.10. The van der Waals surface area contributed by atoms with Gasteiger partial charge in [0.05, 0.1) is 6.61 Å². The molecule has 19 heavy (non-hydrogen) atoms. The van der Waals surface area contributed by atoms with Gasteiger partial charge in [0, 0.05) is 18.4 Å². The van der Waals surface area contributed by atoms with Crippen LogP contribution in [0, 0.1) is 0 Å². The highest BCUT2D eigenvalue weighted by Crippen LogP contribution is 2.25. The molecule has 1 amide bonds. The van der Waals surface area contributed by atoms with Crippen LogP contribution < -0.4 is 15.8 Å². The second-order valence-electron chi connectivity index (χ2n) is 5.74. The Labute approximate surface area is 114 Å². The van der Waals surface area contributed by atoms with Gasteiger partial charge in [0.15, 0.2) is 0 Å². The molecule has 1 aromatic carbocycles. The summed E-state index contributed by atoms with van der Waals surface area (Å²) in [6.07, 6.45) is 2.30. The molecule has 1 aromatic rings. The van der Waals surface area contributed by atoms with Crippen LogP contribution in [-0.2, 0) is 17.6 Å². The van der Waals surface area contributed by atoms with E-state index in [0.29, 0.717) is 6.42 Å². The first-order valence-corrected chi connectivity index (χ1v) is 6.74. The lowest BCUT2D eigenvalue weighted by Crippen LogP contribution is -2.43. The van der Waals surface area contributed by atoms with Gasteiger partial charge in [-0.25, -0.2) is 0 Å². The molecule has 4 heteroatoms. The molecule has 104 valence electrons. The minimum Gasteiger partial charge on any atom is -0.493 e. The summed E-state index contributed by atoms with van der Waals surface area (Å²) in [7, 11) is 0. The molecule has 0 atom stereocenters. The smallest absolute Gasteiger partial charge is 0.219 e. The van der Waals surface area contributed by atoms with Crippen LogP contribution >= 0.6 is 0 Å². The lowest BCUT2D eigenvalue weighted by molar-refractivity contribution is -0.119. The second-order valence-corrected chi connectivity index (χ2v) is 5.74. The molecule has 0 bridgehead atoms. The number of primary amides is 1. The largest absolute Gasteiger partial charge is 0.493 e. The van der Waals surface area contributed by atoms with Crippen molar-refractivity contribution in [1.29, 1.82) is 0 Å². The average Bonchev–Trinajstić information content (AvgIpc) is 2.74. The Morgan fingerprint density at radius 1 is 1.47 bits per heavy atom. The maximum Gasteiger partial charge on any atom is 0.219 e. The molecule has 0 fully saturated rings. The normalized spacial score (nSPS) is 14.0. The van der Waals surface area contributed by atoms with E-state index in [1.165, 1.54) is 11.1 Å². The number of hydrogen-bond donors (Lipinski definition) is 2. The van der Waals surface area contributed by atoms with Crippen molar-refractivity contribution in [3.8, 4) is 5.75 Å². The SMILES string of the molecule is CC(C)(CC(N)=O)NCCc1ccc2c(c1)CCO2. The van der Waals surface area contributed by atoms with Crippen molar-refractivity contribution in [3.63, 3.8) is 0 Å². The number of fused-ring (bicyclic) bond motifs is 1. The molecular formula is C15H22N2O2. The van der Waals surface area contributed by atoms with Crippen LogP contribution in [0.4, 0.5) is 0 Å². The van der Waals surface area contributed by atoms with E-state index in [9.17, 15) is 4.79 Å². The van der Waals surface area contributed by atoms with Crippen molar-refractivity contribution in [2.75, 3.05) is 13.2 Å². The maximum atomic E-state index is 10.9. The highest BCUT2D eigenvalue weighted by Gasteiger charge is 2.19. The number of amides is 1. The fraction of sp³-hybridized carbons (Fsp3) is 0.533. The molecule has 1 heterocycles. The van der Waals surface area contributed by atoms with Gasteiger partial charge in [-0.05, 0) is 44.0 Å². The van der Waals surface area contributed by atoms with Gasteiger partial charge in [0.25, 0.3) is 0 Å². The molecule has 0 saturated heterocycles. The average molecular weight is 262 g/mol. The van der Waals surface area contributed by atoms with Gasteiger partial charge in [-0.15, -0.1) is 0 Å². The zero-order valence-corrected chi connectivity index (χ0v) is 11.7. The molecule has 0 aromatic heterocycles. The van der Waals surface area contributed by atoms with Gasteiger partial charge in [-0.3, -0.25) is 4.79 Å². The summed E-state index contributed by atoms with van der Waals surface area (Å²) in [5, 5.41) is 3.37. The molecule has 0 spiro atoms. The quantitative estimate of drug-likeness (QED) is 0.814. The summed E-state index contributed by atoms with van der Waals surface area (Å²) in [5.74, 6) is 0.748. The summed E-state index contributed by atoms with van der Waals surface area (Å²) in [6.45, 7) is 5.62. The van der Waals surface area contributed by atoms with Crippen LogP contribution in [0.2, 0.25) is 0 Å². The highest BCUT2D eigenvalue weighted by molar-refractivity contribution is 5.74. The van der Waals surface area contributed by atoms with E-state index in [4.69, 9.17) is 10.5 Å². The first-order valence-electron chi connectivity index (χ1n) is 6.74. The topological polar surface area (TPSA) is 64.4 Å². The maximum absolute atomic E-state index is 10.9. The molecule has 2 rings (SSSR count). The number of nitrogens with two attached hydrogens (primary N) is 1. The van der Waals surface area contributed by atoms with Crippen molar-refractivity contribution in [3.05, 3.63) is 29.3 Å². The van der Waals surface area contributed by atoms with Crippen LogP contribution in [-0.4, -0.2) is 24.6 Å². The molecule has 0 aliphatic carbocycles. The van der Waals surface area contributed by atoms with Gasteiger partial charge in [0.1, 0.15) is 5.75 Å². The summed E-state index contributed by atoms with van der Waals surface area (Å²) in [5.41, 5.74) is 7.58. The summed E-state index contributed by atoms with van der Waals surface area (Å²) in [4.78, 5) is 10.9. The number of hydrogen-bond acceptors (Lipinski definition) is 3. The Bertz CT molecular complexity index is 469.